The predicted molar refractivity (Wildman–Crippen MR) is 116 cm³/mol. The first kappa shape index (κ1) is 19.7. The highest BCUT2D eigenvalue weighted by Crippen LogP contribution is 2.31. The SMILES string of the molecule is CC(=O)Nc1nc2ccc(-c3cncc(NC(=O)Cc4ccccc4F)c3)cc2s1. The summed E-state index contributed by atoms with van der Waals surface area (Å²) in [4.78, 5) is 32.1. The van der Waals surface area contributed by atoms with E-state index >= 15 is 0 Å². The first-order chi connectivity index (χ1) is 14.5. The Balaban J connectivity index is 1.53. The molecule has 0 aliphatic heterocycles. The number of hydrogen-bond acceptors (Lipinski definition) is 5. The van der Waals surface area contributed by atoms with Gasteiger partial charge in [0.15, 0.2) is 5.13 Å². The minimum atomic E-state index is -0.406. The molecule has 2 amide bonds. The first-order valence-corrected chi connectivity index (χ1v) is 9.96. The molecule has 0 radical (unpaired) electrons. The monoisotopic (exact) mass is 420 g/mol. The summed E-state index contributed by atoms with van der Waals surface area (Å²) >= 11 is 1.38. The van der Waals surface area contributed by atoms with Gasteiger partial charge in [0, 0.05) is 18.7 Å². The molecule has 2 aromatic carbocycles. The summed E-state index contributed by atoms with van der Waals surface area (Å²) in [5.41, 5.74) is 3.37. The van der Waals surface area contributed by atoms with E-state index in [4.69, 9.17) is 0 Å². The van der Waals surface area contributed by atoms with Crippen molar-refractivity contribution in [2.24, 2.45) is 0 Å². The second kappa shape index (κ2) is 8.38. The van der Waals surface area contributed by atoms with Crippen molar-refractivity contribution in [1.29, 1.82) is 0 Å². The molecule has 30 heavy (non-hydrogen) atoms. The zero-order valence-corrected chi connectivity index (χ0v) is 16.8. The Morgan fingerprint density at radius 3 is 2.67 bits per heavy atom. The molecule has 4 aromatic rings. The summed E-state index contributed by atoms with van der Waals surface area (Å²) < 4.78 is 14.7. The van der Waals surface area contributed by atoms with E-state index < -0.39 is 5.82 Å². The molecule has 0 aliphatic rings. The van der Waals surface area contributed by atoms with E-state index in [1.54, 1.807) is 30.6 Å². The van der Waals surface area contributed by atoms with E-state index in [0.717, 1.165) is 21.3 Å². The van der Waals surface area contributed by atoms with Gasteiger partial charge in [0.2, 0.25) is 11.8 Å². The molecule has 0 saturated heterocycles. The van der Waals surface area contributed by atoms with Gasteiger partial charge in [-0.1, -0.05) is 35.6 Å². The van der Waals surface area contributed by atoms with Gasteiger partial charge < -0.3 is 10.6 Å². The molecule has 2 heterocycles. The molecular formula is C22H17FN4O2S. The van der Waals surface area contributed by atoms with Crippen LogP contribution in [0.25, 0.3) is 21.3 Å². The fraction of sp³-hybridized carbons (Fsp3) is 0.0909. The van der Waals surface area contributed by atoms with E-state index in [9.17, 15) is 14.0 Å². The number of thiazole rings is 1. The highest BCUT2D eigenvalue weighted by molar-refractivity contribution is 7.22. The molecular weight excluding hydrogens is 403 g/mol. The van der Waals surface area contributed by atoms with Gasteiger partial charge in [0.05, 0.1) is 28.5 Å². The van der Waals surface area contributed by atoms with Crippen LogP contribution in [0.15, 0.2) is 60.9 Å². The predicted octanol–water partition coefficient (Wildman–Crippen LogP) is 4.64. The van der Waals surface area contributed by atoms with Crippen LogP contribution in [0.1, 0.15) is 12.5 Å². The molecule has 0 aliphatic carbocycles. The number of anilines is 2. The van der Waals surface area contributed by atoms with Gasteiger partial charge in [-0.25, -0.2) is 9.37 Å². The van der Waals surface area contributed by atoms with Crippen LogP contribution in [0.5, 0.6) is 0 Å². The van der Waals surface area contributed by atoms with Crippen molar-refractivity contribution >= 4 is 44.2 Å². The summed E-state index contributed by atoms with van der Waals surface area (Å²) in [5.74, 6) is -0.898. The van der Waals surface area contributed by atoms with Crippen molar-refractivity contribution in [3.63, 3.8) is 0 Å². The summed E-state index contributed by atoms with van der Waals surface area (Å²) in [7, 11) is 0. The number of amides is 2. The standard InChI is InChI=1S/C22H17FN4O2S/c1-13(28)25-22-27-19-7-6-14(9-20(19)30-22)16-8-17(12-24-11-16)26-21(29)10-15-4-2-3-5-18(15)23/h2-9,11-12H,10H2,1H3,(H,26,29)(H,25,27,28). The smallest absolute Gasteiger partial charge is 0.228 e. The maximum absolute atomic E-state index is 13.8. The fourth-order valence-electron chi connectivity index (χ4n) is 2.99. The van der Waals surface area contributed by atoms with Crippen molar-refractivity contribution in [2.45, 2.75) is 13.3 Å². The molecule has 2 N–H and O–H groups in total. The van der Waals surface area contributed by atoms with E-state index in [1.165, 1.54) is 24.3 Å². The van der Waals surface area contributed by atoms with Crippen molar-refractivity contribution < 1.29 is 14.0 Å². The number of hydrogen-bond donors (Lipinski definition) is 2. The highest BCUT2D eigenvalue weighted by Gasteiger charge is 2.10. The molecule has 6 nitrogen and oxygen atoms in total. The zero-order chi connectivity index (χ0) is 21.1. The summed E-state index contributed by atoms with van der Waals surface area (Å²) in [6.07, 6.45) is 3.18. The largest absolute Gasteiger partial charge is 0.324 e. The highest BCUT2D eigenvalue weighted by atomic mass is 32.1. The number of benzene rings is 2. The zero-order valence-electron chi connectivity index (χ0n) is 16.0. The van der Waals surface area contributed by atoms with Gasteiger partial charge in [-0.15, -0.1) is 0 Å². The summed E-state index contributed by atoms with van der Waals surface area (Å²) in [6, 6.07) is 13.7. The quantitative estimate of drug-likeness (QED) is 0.493. The Kier molecular flexibility index (Phi) is 5.49. The Bertz CT molecular complexity index is 1250. The minimum Gasteiger partial charge on any atom is -0.324 e. The average molecular weight is 420 g/mol. The van der Waals surface area contributed by atoms with Gasteiger partial charge in [0.25, 0.3) is 0 Å². The maximum Gasteiger partial charge on any atom is 0.228 e. The van der Waals surface area contributed by atoms with E-state index in [1.807, 2.05) is 24.3 Å². The van der Waals surface area contributed by atoms with Crippen LogP contribution >= 0.6 is 11.3 Å². The molecule has 0 spiro atoms. The Hall–Kier alpha value is -3.65. The van der Waals surface area contributed by atoms with Crippen LogP contribution in [0.2, 0.25) is 0 Å². The van der Waals surface area contributed by atoms with Crippen molar-refractivity contribution in [3.8, 4) is 11.1 Å². The third-order valence-corrected chi connectivity index (χ3v) is 5.27. The number of nitrogens with one attached hydrogen (secondary N) is 2. The molecule has 8 heteroatoms. The number of halogens is 1. The first-order valence-electron chi connectivity index (χ1n) is 9.15. The Morgan fingerprint density at radius 2 is 1.87 bits per heavy atom. The molecule has 0 saturated carbocycles. The van der Waals surface area contributed by atoms with Crippen LogP contribution in [0.4, 0.5) is 15.2 Å². The second-order valence-corrected chi connectivity index (χ2v) is 7.69. The van der Waals surface area contributed by atoms with Crippen molar-refractivity contribution in [2.75, 3.05) is 10.6 Å². The lowest BCUT2D eigenvalue weighted by molar-refractivity contribution is -0.116. The second-order valence-electron chi connectivity index (χ2n) is 6.66. The molecule has 0 unspecified atom stereocenters. The molecule has 2 aromatic heterocycles. The van der Waals surface area contributed by atoms with Crippen LogP contribution in [-0.2, 0) is 16.0 Å². The number of pyridine rings is 1. The molecule has 4 rings (SSSR count). The number of nitrogens with zero attached hydrogens (tertiary/aromatic N) is 2. The molecule has 0 fully saturated rings. The average Bonchev–Trinajstić information content (AvgIpc) is 3.10. The third-order valence-electron chi connectivity index (χ3n) is 4.34. The van der Waals surface area contributed by atoms with Crippen LogP contribution < -0.4 is 10.6 Å². The Labute approximate surface area is 175 Å². The molecule has 0 atom stereocenters. The number of carbonyl (C=O) groups is 2. The van der Waals surface area contributed by atoms with Gasteiger partial charge >= 0.3 is 0 Å². The fourth-order valence-corrected chi connectivity index (χ4v) is 3.95. The topological polar surface area (TPSA) is 84.0 Å². The van der Waals surface area contributed by atoms with Crippen LogP contribution in [0, 0.1) is 5.82 Å². The van der Waals surface area contributed by atoms with Gasteiger partial charge in [-0.2, -0.15) is 0 Å². The summed E-state index contributed by atoms with van der Waals surface area (Å²) in [6.45, 7) is 1.44. The maximum atomic E-state index is 13.8. The van der Waals surface area contributed by atoms with Crippen LogP contribution in [0.3, 0.4) is 0 Å². The summed E-state index contributed by atoms with van der Waals surface area (Å²) in [5, 5.41) is 6.00. The normalized spacial score (nSPS) is 10.7. The van der Waals surface area contributed by atoms with Gasteiger partial charge in [-0.3, -0.25) is 14.6 Å². The lowest BCUT2D eigenvalue weighted by Gasteiger charge is -2.08. The van der Waals surface area contributed by atoms with Gasteiger partial charge in [0.1, 0.15) is 5.82 Å². The number of fused-ring (bicyclic) bond motifs is 1. The van der Waals surface area contributed by atoms with Gasteiger partial charge in [-0.05, 0) is 35.4 Å². The lowest BCUT2D eigenvalue weighted by atomic mass is 10.1. The Morgan fingerprint density at radius 1 is 1.03 bits per heavy atom. The number of carbonyl (C=O) groups excluding carboxylic acids is 2. The van der Waals surface area contributed by atoms with Crippen molar-refractivity contribution in [1.82, 2.24) is 9.97 Å². The third kappa shape index (κ3) is 4.49. The lowest BCUT2D eigenvalue weighted by Crippen LogP contribution is -2.15. The number of aromatic nitrogens is 2. The molecule has 0 bridgehead atoms. The van der Waals surface area contributed by atoms with E-state index in [-0.39, 0.29) is 18.2 Å². The van der Waals surface area contributed by atoms with Crippen molar-refractivity contribution in [3.05, 3.63) is 72.3 Å². The van der Waals surface area contributed by atoms with Crippen LogP contribution in [-0.4, -0.2) is 21.8 Å². The van der Waals surface area contributed by atoms with E-state index in [0.29, 0.717) is 16.4 Å². The molecule has 150 valence electrons. The number of rotatable bonds is 5. The minimum absolute atomic E-state index is 0.0599. The van der Waals surface area contributed by atoms with E-state index in [2.05, 4.69) is 20.6 Å².